The minimum absolute atomic E-state index is 0.0353. The second kappa shape index (κ2) is 9.99. The van der Waals surface area contributed by atoms with E-state index in [1.807, 2.05) is 43.5 Å². The largest absolute Gasteiger partial charge is 0.493 e. The van der Waals surface area contributed by atoms with Gasteiger partial charge in [0.15, 0.2) is 16.3 Å². The zero-order valence-electron chi connectivity index (χ0n) is 19.7. The summed E-state index contributed by atoms with van der Waals surface area (Å²) in [4.78, 5) is 32.7. The van der Waals surface area contributed by atoms with E-state index in [0.29, 0.717) is 37.7 Å². The molecule has 0 saturated heterocycles. The number of nitrogens with zero attached hydrogens (tertiary/aromatic N) is 2. The van der Waals surface area contributed by atoms with Crippen molar-refractivity contribution in [2.75, 3.05) is 13.7 Å². The van der Waals surface area contributed by atoms with Gasteiger partial charge in [0.25, 0.3) is 5.56 Å². The molecule has 0 aliphatic carbocycles. The lowest BCUT2D eigenvalue weighted by molar-refractivity contribution is -0.139. The number of thiophene rings is 1. The third-order valence-corrected chi connectivity index (χ3v) is 7.00. The highest BCUT2D eigenvalue weighted by Crippen LogP contribution is 2.36. The normalized spacial score (nSPS) is 15.8. The van der Waals surface area contributed by atoms with E-state index in [4.69, 9.17) is 14.2 Å². The summed E-state index contributed by atoms with van der Waals surface area (Å²) < 4.78 is 18.9. The lowest BCUT2D eigenvalue weighted by Gasteiger charge is -2.25. The molecule has 3 heterocycles. The first-order valence-electron chi connectivity index (χ1n) is 10.9. The summed E-state index contributed by atoms with van der Waals surface area (Å²) in [6.45, 7) is 7.60. The summed E-state index contributed by atoms with van der Waals surface area (Å²) in [5.74, 6) is 0.609. The summed E-state index contributed by atoms with van der Waals surface area (Å²) in [6.07, 6.45) is 1.82. The molecule has 9 heteroatoms. The maximum Gasteiger partial charge on any atom is 0.338 e. The van der Waals surface area contributed by atoms with Crippen LogP contribution in [0.2, 0.25) is 0 Å². The maximum absolute atomic E-state index is 13.6. The summed E-state index contributed by atoms with van der Waals surface area (Å²) in [7, 11) is 1.56. The average molecular weight is 499 g/mol. The Balaban J connectivity index is 1.94. The lowest BCUT2D eigenvalue weighted by Crippen LogP contribution is -2.39. The molecule has 34 heavy (non-hydrogen) atoms. The minimum atomic E-state index is -0.706. The van der Waals surface area contributed by atoms with Crippen molar-refractivity contribution < 1.29 is 19.0 Å². The first-order chi connectivity index (χ1) is 16.3. The van der Waals surface area contributed by atoms with Gasteiger partial charge in [-0.25, -0.2) is 9.79 Å². The van der Waals surface area contributed by atoms with E-state index in [-0.39, 0.29) is 18.3 Å². The van der Waals surface area contributed by atoms with Crippen molar-refractivity contribution in [3.8, 4) is 11.5 Å². The predicted octanol–water partition coefficient (Wildman–Crippen LogP) is 3.66. The monoisotopic (exact) mass is 498 g/mol. The second-order valence-electron chi connectivity index (χ2n) is 7.89. The van der Waals surface area contributed by atoms with Crippen molar-refractivity contribution in [2.24, 2.45) is 4.99 Å². The number of rotatable bonds is 7. The Hall–Kier alpha value is -3.17. The van der Waals surface area contributed by atoms with E-state index in [2.05, 4.69) is 4.99 Å². The molecule has 0 unspecified atom stereocenters. The number of ether oxygens (including phenoxy) is 3. The van der Waals surface area contributed by atoms with Crippen LogP contribution < -0.4 is 24.4 Å². The van der Waals surface area contributed by atoms with Crippen LogP contribution in [0.15, 0.2) is 56.8 Å². The van der Waals surface area contributed by atoms with Crippen molar-refractivity contribution in [1.82, 2.24) is 4.57 Å². The van der Waals surface area contributed by atoms with Crippen molar-refractivity contribution in [1.29, 1.82) is 0 Å². The number of fused-ring (bicyclic) bond motifs is 1. The molecular formula is C25H26N2O5S2. The van der Waals surface area contributed by atoms with Crippen LogP contribution in [0.3, 0.4) is 0 Å². The molecule has 1 aliphatic heterocycles. The molecule has 0 spiro atoms. The fourth-order valence-corrected chi connectivity index (χ4v) is 5.58. The zero-order valence-corrected chi connectivity index (χ0v) is 21.3. The number of methoxy groups -OCH3 is 1. The molecule has 1 aromatic carbocycles. The van der Waals surface area contributed by atoms with E-state index < -0.39 is 12.0 Å². The molecule has 7 nitrogen and oxygen atoms in total. The highest BCUT2D eigenvalue weighted by Gasteiger charge is 2.34. The molecule has 0 N–H and O–H groups in total. The van der Waals surface area contributed by atoms with Gasteiger partial charge in [-0.05, 0) is 62.9 Å². The van der Waals surface area contributed by atoms with Crippen LogP contribution in [-0.2, 0) is 9.53 Å². The Morgan fingerprint density at radius 2 is 2.06 bits per heavy atom. The Labute approximate surface area is 205 Å². The van der Waals surface area contributed by atoms with Gasteiger partial charge in [0.2, 0.25) is 0 Å². The maximum atomic E-state index is 13.6. The van der Waals surface area contributed by atoms with Crippen molar-refractivity contribution in [3.63, 3.8) is 0 Å². The smallest absolute Gasteiger partial charge is 0.338 e. The summed E-state index contributed by atoms with van der Waals surface area (Å²) in [6, 6.07) is 8.63. The topological polar surface area (TPSA) is 79.1 Å². The Morgan fingerprint density at radius 1 is 1.26 bits per heavy atom. The third kappa shape index (κ3) is 4.58. The van der Waals surface area contributed by atoms with E-state index in [9.17, 15) is 9.59 Å². The Bertz CT molecular complexity index is 1410. The summed E-state index contributed by atoms with van der Waals surface area (Å²) in [5.41, 5.74) is 1.34. The van der Waals surface area contributed by atoms with Crippen molar-refractivity contribution in [3.05, 3.63) is 77.1 Å². The standard InChI is InChI=1S/C25H26N2O5S2/c1-6-31-24(29)21-15(4)26-25-27(23(28)20(34-25)13-17-8-7-11-33-17)22(21)16-9-10-18(32-14(2)3)19(12-16)30-5/h7-14,22H,6H2,1-5H3/b20-13-/t22-/m1/s1. The number of carbonyl (C=O) groups is 1. The second-order valence-corrected chi connectivity index (χ2v) is 9.88. The van der Waals surface area contributed by atoms with Crippen molar-refractivity contribution >= 4 is 34.7 Å². The van der Waals surface area contributed by atoms with Gasteiger partial charge < -0.3 is 14.2 Å². The zero-order chi connectivity index (χ0) is 24.4. The first-order valence-corrected chi connectivity index (χ1v) is 12.6. The average Bonchev–Trinajstić information content (AvgIpc) is 3.41. The highest BCUT2D eigenvalue weighted by molar-refractivity contribution is 7.11. The van der Waals surface area contributed by atoms with Crippen LogP contribution in [0.5, 0.6) is 11.5 Å². The SMILES string of the molecule is CCOC(=O)C1=C(C)N=c2s/c(=C\c3cccs3)c(=O)n2[C@@H]1c1ccc(OC(C)C)c(OC)c1. The summed E-state index contributed by atoms with van der Waals surface area (Å²) in [5, 5.41) is 1.96. The van der Waals surface area contributed by atoms with Gasteiger partial charge in [0, 0.05) is 4.88 Å². The van der Waals surface area contributed by atoms with Crippen LogP contribution >= 0.6 is 22.7 Å². The van der Waals surface area contributed by atoms with E-state index in [1.165, 1.54) is 11.3 Å². The first kappa shape index (κ1) is 24.0. The number of carbonyl (C=O) groups excluding carboxylic acids is 1. The van der Waals surface area contributed by atoms with Gasteiger partial charge in [-0.2, -0.15) is 0 Å². The molecule has 178 valence electrons. The molecule has 0 amide bonds. The van der Waals surface area contributed by atoms with Gasteiger partial charge in [-0.1, -0.05) is 23.5 Å². The van der Waals surface area contributed by atoms with E-state index in [1.54, 1.807) is 49.0 Å². The van der Waals surface area contributed by atoms with Crippen LogP contribution in [-0.4, -0.2) is 30.4 Å². The van der Waals surface area contributed by atoms with Gasteiger partial charge in [-0.3, -0.25) is 9.36 Å². The molecule has 0 bridgehead atoms. The quantitative estimate of drug-likeness (QED) is 0.465. The summed E-state index contributed by atoms with van der Waals surface area (Å²) >= 11 is 2.85. The Morgan fingerprint density at radius 3 is 2.71 bits per heavy atom. The number of hydrogen-bond donors (Lipinski definition) is 0. The van der Waals surface area contributed by atoms with E-state index in [0.717, 1.165) is 4.88 Å². The highest BCUT2D eigenvalue weighted by atomic mass is 32.1. The van der Waals surface area contributed by atoms with Gasteiger partial charge in [0.1, 0.15) is 0 Å². The predicted molar refractivity (Wildman–Crippen MR) is 133 cm³/mol. The number of hydrogen-bond acceptors (Lipinski definition) is 8. The van der Waals surface area contributed by atoms with Gasteiger partial charge >= 0.3 is 5.97 Å². The van der Waals surface area contributed by atoms with Crippen LogP contribution in [0.4, 0.5) is 0 Å². The van der Waals surface area contributed by atoms with Gasteiger partial charge in [0.05, 0.1) is 41.7 Å². The van der Waals surface area contributed by atoms with Crippen LogP contribution in [0.25, 0.3) is 6.08 Å². The van der Waals surface area contributed by atoms with Crippen molar-refractivity contribution in [2.45, 2.75) is 39.8 Å². The van der Waals surface area contributed by atoms with Crippen LogP contribution in [0, 0.1) is 0 Å². The molecule has 3 aromatic rings. The molecule has 0 fully saturated rings. The number of aromatic nitrogens is 1. The van der Waals surface area contributed by atoms with E-state index >= 15 is 0 Å². The molecular weight excluding hydrogens is 472 g/mol. The fourth-order valence-electron chi connectivity index (χ4n) is 3.82. The molecule has 0 radical (unpaired) electrons. The number of thiazole rings is 1. The fraction of sp³-hybridized carbons (Fsp3) is 0.320. The molecule has 4 rings (SSSR count). The number of esters is 1. The van der Waals surface area contributed by atoms with Crippen LogP contribution in [0.1, 0.15) is 44.2 Å². The third-order valence-electron chi connectivity index (χ3n) is 5.20. The number of allylic oxidation sites excluding steroid dienone is 1. The number of benzene rings is 1. The molecule has 0 saturated carbocycles. The molecule has 1 atom stereocenters. The van der Waals surface area contributed by atoms with Gasteiger partial charge in [-0.15, -0.1) is 11.3 Å². The Kier molecular flexibility index (Phi) is 7.04. The lowest BCUT2D eigenvalue weighted by atomic mass is 9.95. The molecule has 1 aliphatic rings. The molecule has 2 aromatic heterocycles. The minimum Gasteiger partial charge on any atom is -0.493 e.